The fourth-order valence-corrected chi connectivity index (χ4v) is 8.94. The molecule has 202 valence electrons. The Balaban J connectivity index is 1.20. The van der Waals surface area contributed by atoms with Crippen LogP contribution in [0.4, 0.5) is 0 Å². The number of hydrogen-bond acceptors (Lipinski definition) is 1. The third-order valence-corrected chi connectivity index (χ3v) is 10.9. The molecule has 1 fully saturated rings. The van der Waals surface area contributed by atoms with E-state index < -0.39 is 0 Å². The van der Waals surface area contributed by atoms with Crippen LogP contribution in [0.1, 0.15) is 83.5 Å². The molecule has 1 nitrogen and oxygen atoms in total. The maximum Gasteiger partial charge on any atom is 0.0290 e. The maximum absolute atomic E-state index is 4.25. The fraction of sp³-hybridized carbons (Fsp3) is 0.568. The van der Waals surface area contributed by atoms with Crippen molar-refractivity contribution in [2.75, 3.05) is 0 Å². The third-order valence-electron chi connectivity index (χ3n) is 10.9. The van der Waals surface area contributed by atoms with E-state index in [9.17, 15) is 0 Å². The highest BCUT2D eigenvalue weighted by atomic mass is 15.0. The zero-order valence-corrected chi connectivity index (χ0v) is 23.4. The highest BCUT2D eigenvalue weighted by Gasteiger charge is 2.43. The lowest BCUT2D eigenvalue weighted by Crippen LogP contribution is -2.50. The quantitative estimate of drug-likeness (QED) is 0.255. The fourth-order valence-electron chi connectivity index (χ4n) is 8.94. The highest BCUT2D eigenvalue weighted by molar-refractivity contribution is 5.40. The Labute approximate surface area is 232 Å². The van der Waals surface area contributed by atoms with Crippen molar-refractivity contribution in [1.29, 1.82) is 0 Å². The van der Waals surface area contributed by atoms with Gasteiger partial charge in [0, 0.05) is 18.0 Å². The molecule has 0 aliphatic heterocycles. The molecule has 0 aromatic carbocycles. The molecular weight excluding hydrogens is 458 g/mol. The molecule has 0 heterocycles. The van der Waals surface area contributed by atoms with E-state index in [0.29, 0.717) is 18.0 Å². The SMILES string of the molecule is C=CCCCC1=C2C=CC=CC2C(C2CCC([C@@H]3CC=C4C=CCCC4C3)CC2N[C@H]2C=CC=CC2)CC1. The average molecular weight is 508 g/mol. The van der Waals surface area contributed by atoms with Crippen molar-refractivity contribution in [2.24, 2.45) is 35.5 Å². The molecule has 0 spiro atoms. The molecule has 0 radical (unpaired) electrons. The Morgan fingerprint density at radius 3 is 2.71 bits per heavy atom. The van der Waals surface area contributed by atoms with Gasteiger partial charge in [0.15, 0.2) is 0 Å². The second kappa shape index (κ2) is 12.4. The van der Waals surface area contributed by atoms with Crippen molar-refractivity contribution >= 4 is 0 Å². The van der Waals surface area contributed by atoms with E-state index in [4.69, 9.17) is 0 Å². The van der Waals surface area contributed by atoms with Gasteiger partial charge in [-0.3, -0.25) is 0 Å². The van der Waals surface area contributed by atoms with Gasteiger partial charge in [-0.25, -0.2) is 0 Å². The lowest BCUT2D eigenvalue weighted by Gasteiger charge is -2.48. The molecule has 0 aromatic heterocycles. The second-order valence-electron chi connectivity index (χ2n) is 13.0. The maximum atomic E-state index is 4.25. The Morgan fingerprint density at radius 1 is 0.868 bits per heavy atom. The van der Waals surface area contributed by atoms with Gasteiger partial charge < -0.3 is 5.32 Å². The van der Waals surface area contributed by atoms with Crippen LogP contribution in [-0.4, -0.2) is 12.1 Å². The average Bonchev–Trinajstić information content (AvgIpc) is 2.98. The summed E-state index contributed by atoms with van der Waals surface area (Å²) >= 11 is 0. The largest absolute Gasteiger partial charge is 0.307 e. The van der Waals surface area contributed by atoms with E-state index in [2.05, 4.69) is 84.8 Å². The number of nitrogens with one attached hydrogen (secondary N) is 1. The molecule has 0 amide bonds. The molecule has 0 saturated heterocycles. The van der Waals surface area contributed by atoms with Crippen LogP contribution in [0.2, 0.25) is 0 Å². The zero-order valence-electron chi connectivity index (χ0n) is 23.4. The molecule has 8 atom stereocenters. The topological polar surface area (TPSA) is 12.0 Å². The Bertz CT molecular complexity index is 1060. The van der Waals surface area contributed by atoms with Crippen LogP contribution in [0.25, 0.3) is 0 Å². The molecule has 0 bridgehead atoms. The first-order valence-corrected chi connectivity index (χ1v) is 15.9. The summed E-state index contributed by atoms with van der Waals surface area (Å²) in [5, 5.41) is 4.25. The van der Waals surface area contributed by atoms with Crippen LogP contribution in [0.5, 0.6) is 0 Å². The number of fused-ring (bicyclic) bond motifs is 2. The molecular formula is C37H49N. The van der Waals surface area contributed by atoms with Crippen LogP contribution in [0.3, 0.4) is 0 Å². The molecule has 1 N–H and O–H groups in total. The van der Waals surface area contributed by atoms with E-state index in [1.54, 1.807) is 16.7 Å². The van der Waals surface area contributed by atoms with Gasteiger partial charge in [0.05, 0.1) is 0 Å². The third kappa shape index (κ3) is 5.74. The Kier molecular flexibility index (Phi) is 8.51. The summed E-state index contributed by atoms with van der Waals surface area (Å²) < 4.78 is 0. The van der Waals surface area contributed by atoms with E-state index in [1.807, 2.05) is 0 Å². The summed E-state index contributed by atoms with van der Waals surface area (Å²) in [4.78, 5) is 0. The highest BCUT2D eigenvalue weighted by Crippen LogP contribution is 2.50. The minimum absolute atomic E-state index is 0.502. The van der Waals surface area contributed by atoms with Gasteiger partial charge in [-0.05, 0) is 124 Å². The summed E-state index contributed by atoms with van der Waals surface area (Å²) in [7, 11) is 0. The van der Waals surface area contributed by atoms with Crippen LogP contribution >= 0.6 is 0 Å². The van der Waals surface area contributed by atoms with Gasteiger partial charge in [0.25, 0.3) is 0 Å². The lowest BCUT2D eigenvalue weighted by atomic mass is 9.59. The normalized spacial score (nSPS) is 38.1. The van der Waals surface area contributed by atoms with Gasteiger partial charge in [-0.1, -0.05) is 78.5 Å². The van der Waals surface area contributed by atoms with E-state index in [1.165, 1.54) is 70.6 Å². The molecule has 1 heteroatoms. The summed E-state index contributed by atoms with van der Waals surface area (Å²) in [5.74, 6) is 4.78. The van der Waals surface area contributed by atoms with Gasteiger partial charge >= 0.3 is 0 Å². The summed E-state index contributed by atoms with van der Waals surface area (Å²) in [6.07, 6.45) is 45.5. The van der Waals surface area contributed by atoms with Gasteiger partial charge in [0.2, 0.25) is 0 Å². The first-order valence-electron chi connectivity index (χ1n) is 15.9. The van der Waals surface area contributed by atoms with Gasteiger partial charge in [0.1, 0.15) is 0 Å². The summed E-state index contributed by atoms with van der Waals surface area (Å²) in [6, 6.07) is 1.14. The molecule has 0 aromatic rings. The lowest BCUT2D eigenvalue weighted by molar-refractivity contribution is 0.0857. The minimum atomic E-state index is 0.502. The second-order valence-corrected chi connectivity index (χ2v) is 13.0. The van der Waals surface area contributed by atoms with E-state index in [-0.39, 0.29) is 0 Å². The number of allylic oxidation sites excluding steroid dienone is 13. The monoisotopic (exact) mass is 507 g/mol. The predicted molar refractivity (Wildman–Crippen MR) is 163 cm³/mol. The summed E-state index contributed by atoms with van der Waals surface area (Å²) in [5.41, 5.74) is 5.06. The molecule has 6 aliphatic rings. The molecule has 6 aliphatic carbocycles. The van der Waals surface area contributed by atoms with Crippen molar-refractivity contribution in [3.63, 3.8) is 0 Å². The number of unbranched alkanes of at least 4 members (excludes halogenated alkanes) is 1. The van der Waals surface area contributed by atoms with Gasteiger partial charge in [-0.15, -0.1) is 6.58 Å². The smallest absolute Gasteiger partial charge is 0.0290 e. The molecule has 1 saturated carbocycles. The van der Waals surface area contributed by atoms with Crippen LogP contribution in [0, 0.1) is 35.5 Å². The Hall–Kier alpha value is -2.12. The van der Waals surface area contributed by atoms with Crippen molar-refractivity contribution in [1.82, 2.24) is 5.32 Å². The van der Waals surface area contributed by atoms with Crippen molar-refractivity contribution in [3.8, 4) is 0 Å². The Morgan fingerprint density at radius 2 is 1.82 bits per heavy atom. The zero-order chi connectivity index (χ0) is 25.7. The summed E-state index contributed by atoms with van der Waals surface area (Å²) in [6.45, 7) is 3.95. The van der Waals surface area contributed by atoms with E-state index in [0.717, 1.165) is 42.4 Å². The van der Waals surface area contributed by atoms with Crippen molar-refractivity contribution in [2.45, 2.75) is 95.6 Å². The van der Waals surface area contributed by atoms with Crippen LogP contribution in [0.15, 0.2) is 96.2 Å². The predicted octanol–water partition coefficient (Wildman–Crippen LogP) is 9.35. The standard InChI is InChI=1S/C37H49N/c1-2-3-5-13-28-21-23-35(34-18-11-10-17-33(28)34)36-24-22-31(26-37(36)38-32-15-6-4-7-16-32)30-20-19-27-12-8-9-14-29(27)25-30/h2,4,6-8,10-12,15,17-19,29-32,34-38H,1,3,5,9,13-14,16,20-26H2/t29?,30-,31?,32+,34?,35?,36?,37?/m1/s1. The number of hydrogen-bond donors (Lipinski definition) is 1. The van der Waals surface area contributed by atoms with Gasteiger partial charge in [-0.2, -0.15) is 0 Å². The van der Waals surface area contributed by atoms with Crippen molar-refractivity contribution in [3.05, 3.63) is 96.2 Å². The van der Waals surface area contributed by atoms with Crippen LogP contribution in [-0.2, 0) is 0 Å². The molecule has 38 heavy (non-hydrogen) atoms. The van der Waals surface area contributed by atoms with Crippen molar-refractivity contribution < 1.29 is 0 Å². The first kappa shape index (κ1) is 26.1. The molecule has 6 unspecified atom stereocenters. The molecule has 6 rings (SSSR count). The van der Waals surface area contributed by atoms with E-state index >= 15 is 0 Å². The van der Waals surface area contributed by atoms with Crippen LogP contribution < -0.4 is 5.32 Å². The minimum Gasteiger partial charge on any atom is -0.307 e. The first-order chi connectivity index (χ1) is 18.8. The number of rotatable bonds is 8.